The molecule has 0 spiro atoms. The lowest BCUT2D eigenvalue weighted by atomic mass is 10.2. The molecule has 1 amide bonds. The average Bonchev–Trinajstić information content (AvgIpc) is 3.22. The van der Waals surface area contributed by atoms with Gasteiger partial charge in [-0.15, -0.1) is 10.2 Å². The summed E-state index contributed by atoms with van der Waals surface area (Å²) >= 11 is 1.36. The number of nitrogens with one attached hydrogen (secondary N) is 2. The maximum atomic E-state index is 12.6. The fourth-order valence-electron chi connectivity index (χ4n) is 2.89. The molecule has 3 rings (SSSR count). The van der Waals surface area contributed by atoms with Gasteiger partial charge in [0.15, 0.2) is 0 Å². The second kappa shape index (κ2) is 11.1. The number of benzene rings is 2. The van der Waals surface area contributed by atoms with Crippen molar-refractivity contribution in [1.29, 1.82) is 0 Å². The van der Waals surface area contributed by atoms with E-state index in [9.17, 15) is 13.2 Å². The Morgan fingerprint density at radius 3 is 2.38 bits per heavy atom. The highest BCUT2D eigenvalue weighted by Gasteiger charge is 2.15. The number of hydrogen-bond acceptors (Lipinski definition) is 7. The van der Waals surface area contributed by atoms with Gasteiger partial charge in [-0.2, -0.15) is 0 Å². The molecule has 0 fully saturated rings. The first-order valence-electron chi connectivity index (χ1n) is 10.4. The number of carbonyl (C=O) groups excluding carboxylic acids is 1. The highest BCUT2D eigenvalue weighted by atomic mass is 32.2. The third-order valence-corrected chi connectivity index (χ3v) is 6.82. The van der Waals surface area contributed by atoms with E-state index in [1.54, 1.807) is 24.3 Å². The van der Waals surface area contributed by atoms with E-state index in [1.165, 1.54) is 35.6 Å². The molecular weight excluding hydrogens is 448 g/mol. The SMILES string of the molecule is CCCCCc1nnc(NC(=O)c2ccc(NS(=O)(=O)c3ccc(OCC)cc3)cc2)s1. The predicted octanol–water partition coefficient (Wildman–Crippen LogP) is 4.72. The summed E-state index contributed by atoms with van der Waals surface area (Å²) in [4.78, 5) is 12.6. The molecule has 0 unspecified atom stereocenters. The third kappa shape index (κ3) is 6.51. The van der Waals surface area contributed by atoms with Gasteiger partial charge in [0.05, 0.1) is 11.5 Å². The van der Waals surface area contributed by atoms with E-state index in [2.05, 4.69) is 27.2 Å². The Kier molecular flexibility index (Phi) is 8.18. The van der Waals surface area contributed by atoms with E-state index in [1.807, 2.05) is 6.92 Å². The molecule has 10 heteroatoms. The molecule has 32 heavy (non-hydrogen) atoms. The lowest BCUT2D eigenvalue weighted by Gasteiger charge is -2.10. The number of sulfonamides is 1. The molecule has 0 aliphatic carbocycles. The summed E-state index contributed by atoms with van der Waals surface area (Å²) in [7, 11) is -3.76. The second-order valence-electron chi connectivity index (χ2n) is 7.00. The quantitative estimate of drug-likeness (QED) is 0.389. The van der Waals surface area contributed by atoms with Gasteiger partial charge in [0, 0.05) is 17.7 Å². The van der Waals surface area contributed by atoms with E-state index >= 15 is 0 Å². The fourth-order valence-corrected chi connectivity index (χ4v) is 4.72. The van der Waals surface area contributed by atoms with Crippen LogP contribution in [0.1, 0.15) is 48.5 Å². The van der Waals surface area contributed by atoms with Crippen molar-refractivity contribution < 1.29 is 17.9 Å². The monoisotopic (exact) mass is 474 g/mol. The molecule has 8 nitrogen and oxygen atoms in total. The van der Waals surface area contributed by atoms with Gasteiger partial charge in [0.2, 0.25) is 5.13 Å². The van der Waals surface area contributed by atoms with Crippen LogP contribution in [0.5, 0.6) is 5.75 Å². The summed E-state index contributed by atoms with van der Waals surface area (Å²) in [6, 6.07) is 12.3. The van der Waals surface area contributed by atoms with Crippen LogP contribution in [0.3, 0.4) is 0 Å². The van der Waals surface area contributed by atoms with Gasteiger partial charge >= 0.3 is 0 Å². The first-order valence-corrected chi connectivity index (χ1v) is 12.7. The van der Waals surface area contributed by atoms with E-state index in [-0.39, 0.29) is 10.8 Å². The van der Waals surface area contributed by atoms with Crippen molar-refractivity contribution in [1.82, 2.24) is 10.2 Å². The Morgan fingerprint density at radius 1 is 1.00 bits per heavy atom. The Morgan fingerprint density at radius 2 is 1.72 bits per heavy atom. The molecule has 170 valence electrons. The number of rotatable bonds is 11. The highest BCUT2D eigenvalue weighted by Crippen LogP contribution is 2.21. The van der Waals surface area contributed by atoms with Crippen LogP contribution < -0.4 is 14.8 Å². The average molecular weight is 475 g/mol. The van der Waals surface area contributed by atoms with Gasteiger partial charge in [-0.05, 0) is 61.9 Å². The van der Waals surface area contributed by atoms with Crippen LogP contribution in [0.25, 0.3) is 0 Å². The molecule has 1 heterocycles. The van der Waals surface area contributed by atoms with Crippen molar-refractivity contribution in [2.24, 2.45) is 0 Å². The van der Waals surface area contributed by atoms with Crippen LogP contribution >= 0.6 is 11.3 Å². The number of unbranched alkanes of at least 4 members (excludes halogenated alkanes) is 2. The van der Waals surface area contributed by atoms with Gasteiger partial charge in [0.25, 0.3) is 15.9 Å². The number of amides is 1. The minimum Gasteiger partial charge on any atom is -0.494 e. The van der Waals surface area contributed by atoms with Gasteiger partial charge < -0.3 is 4.74 Å². The van der Waals surface area contributed by atoms with E-state index in [4.69, 9.17) is 4.74 Å². The zero-order chi connectivity index (χ0) is 23.0. The third-order valence-electron chi connectivity index (χ3n) is 4.53. The maximum absolute atomic E-state index is 12.6. The molecule has 1 aromatic heterocycles. The molecule has 2 aromatic carbocycles. The van der Waals surface area contributed by atoms with Crippen LogP contribution in [-0.4, -0.2) is 31.1 Å². The zero-order valence-electron chi connectivity index (χ0n) is 18.0. The number of carbonyl (C=O) groups is 1. The van der Waals surface area contributed by atoms with Crippen LogP contribution in [0.15, 0.2) is 53.4 Å². The lowest BCUT2D eigenvalue weighted by Crippen LogP contribution is -2.14. The van der Waals surface area contributed by atoms with Gasteiger partial charge in [-0.25, -0.2) is 8.42 Å². The molecule has 0 saturated heterocycles. The predicted molar refractivity (Wildman–Crippen MR) is 126 cm³/mol. The van der Waals surface area contributed by atoms with Crippen LogP contribution in [0, 0.1) is 0 Å². The molecule has 0 aliphatic heterocycles. The largest absolute Gasteiger partial charge is 0.494 e. The number of hydrogen-bond donors (Lipinski definition) is 2. The summed E-state index contributed by atoms with van der Waals surface area (Å²) in [5.74, 6) is 0.271. The van der Waals surface area contributed by atoms with Gasteiger partial charge in [-0.1, -0.05) is 31.1 Å². The first kappa shape index (κ1) is 23.7. The summed E-state index contributed by atoms with van der Waals surface area (Å²) in [5.41, 5.74) is 0.737. The van der Waals surface area contributed by atoms with Crippen molar-refractivity contribution in [3.8, 4) is 5.75 Å². The van der Waals surface area contributed by atoms with Gasteiger partial charge in [-0.3, -0.25) is 14.8 Å². The van der Waals surface area contributed by atoms with Crippen molar-refractivity contribution >= 4 is 38.1 Å². The maximum Gasteiger partial charge on any atom is 0.261 e. The molecule has 0 aliphatic rings. The number of ether oxygens (including phenoxy) is 1. The number of anilines is 2. The van der Waals surface area contributed by atoms with Crippen molar-refractivity contribution in [3.63, 3.8) is 0 Å². The smallest absolute Gasteiger partial charge is 0.261 e. The molecule has 2 N–H and O–H groups in total. The van der Waals surface area contributed by atoms with E-state index in [0.717, 1.165) is 30.7 Å². The summed E-state index contributed by atoms with van der Waals surface area (Å²) < 4.78 is 33.0. The van der Waals surface area contributed by atoms with Crippen LogP contribution in [-0.2, 0) is 16.4 Å². The Hall–Kier alpha value is -2.98. The zero-order valence-corrected chi connectivity index (χ0v) is 19.6. The van der Waals surface area contributed by atoms with Gasteiger partial charge in [0.1, 0.15) is 10.8 Å². The second-order valence-corrected chi connectivity index (χ2v) is 9.74. The van der Waals surface area contributed by atoms with Crippen LogP contribution in [0.2, 0.25) is 0 Å². The Bertz CT molecular complexity index is 1130. The topological polar surface area (TPSA) is 110 Å². The standard InChI is InChI=1S/C22H26N4O4S2/c1-3-5-6-7-20-24-25-22(31-20)23-21(27)16-8-10-17(11-9-16)26-32(28,29)19-14-12-18(13-15-19)30-4-2/h8-15,26H,3-7H2,1-2H3,(H,23,25,27). The van der Waals surface area contributed by atoms with Crippen LogP contribution in [0.4, 0.5) is 10.8 Å². The minimum absolute atomic E-state index is 0.119. The molecule has 0 bridgehead atoms. The normalized spacial score (nSPS) is 11.2. The number of aromatic nitrogens is 2. The molecule has 0 radical (unpaired) electrons. The minimum atomic E-state index is -3.76. The van der Waals surface area contributed by atoms with Crippen molar-refractivity contribution in [2.45, 2.75) is 44.4 Å². The lowest BCUT2D eigenvalue weighted by molar-refractivity contribution is 0.102. The van der Waals surface area contributed by atoms with Crippen molar-refractivity contribution in [2.75, 3.05) is 16.6 Å². The summed E-state index contributed by atoms with van der Waals surface area (Å²) in [6.45, 7) is 4.50. The highest BCUT2D eigenvalue weighted by molar-refractivity contribution is 7.92. The molecule has 0 saturated carbocycles. The molecular formula is C22H26N4O4S2. The fraction of sp³-hybridized carbons (Fsp3) is 0.318. The molecule has 0 atom stereocenters. The Labute approximate surface area is 192 Å². The first-order chi connectivity index (χ1) is 15.4. The van der Waals surface area contributed by atoms with Crippen molar-refractivity contribution in [3.05, 3.63) is 59.1 Å². The number of nitrogens with zero attached hydrogens (tertiary/aromatic N) is 2. The Balaban J connectivity index is 1.60. The van der Waals surface area contributed by atoms with E-state index in [0.29, 0.717) is 28.7 Å². The molecule has 3 aromatic rings. The van der Waals surface area contributed by atoms with E-state index < -0.39 is 10.0 Å². The summed E-state index contributed by atoms with van der Waals surface area (Å²) in [5, 5.41) is 12.2. The summed E-state index contributed by atoms with van der Waals surface area (Å²) in [6.07, 6.45) is 4.17. The number of aryl methyl sites for hydroxylation is 1.